The minimum absolute atomic E-state index is 0.494. The molecule has 0 bridgehead atoms. The zero-order chi connectivity index (χ0) is 10.0. The van der Waals surface area contributed by atoms with Crippen molar-refractivity contribution in [3.63, 3.8) is 0 Å². The Morgan fingerprint density at radius 1 is 1.64 bits per heavy atom. The smallest absolute Gasteiger partial charge is 0.136 e. The molecule has 0 aromatic heterocycles. The second kappa shape index (κ2) is 4.13. The summed E-state index contributed by atoms with van der Waals surface area (Å²) in [6.45, 7) is 4.04. The third-order valence-electron chi connectivity index (χ3n) is 3.29. The molecule has 2 rings (SSSR count). The number of likely N-dealkylation sites (tertiary alicyclic amines) is 1. The molecule has 2 aliphatic heterocycles. The first-order valence-electron chi connectivity index (χ1n) is 5.50. The average Bonchev–Trinajstić information content (AvgIpc) is 2.73. The fourth-order valence-corrected chi connectivity index (χ4v) is 2.29. The summed E-state index contributed by atoms with van der Waals surface area (Å²) in [5.74, 6) is 0. The maximum absolute atomic E-state index is 13.9. The fourth-order valence-electron chi connectivity index (χ4n) is 2.29. The van der Waals surface area contributed by atoms with Crippen LogP contribution < -0.4 is 10.6 Å². The van der Waals surface area contributed by atoms with Crippen LogP contribution in [0.5, 0.6) is 0 Å². The van der Waals surface area contributed by atoms with Crippen molar-refractivity contribution in [1.29, 1.82) is 0 Å². The van der Waals surface area contributed by atoms with E-state index < -0.39 is 5.67 Å². The Labute approximate surface area is 85.0 Å². The molecule has 2 heterocycles. The van der Waals surface area contributed by atoms with Crippen molar-refractivity contribution >= 4 is 0 Å². The van der Waals surface area contributed by atoms with E-state index in [0.29, 0.717) is 25.6 Å². The Balaban J connectivity index is 1.71. The Morgan fingerprint density at radius 3 is 3.07 bits per heavy atom. The van der Waals surface area contributed by atoms with E-state index in [-0.39, 0.29) is 0 Å². The summed E-state index contributed by atoms with van der Waals surface area (Å²) >= 11 is 0. The van der Waals surface area contributed by atoms with Crippen molar-refractivity contribution in [2.45, 2.75) is 24.6 Å². The molecule has 2 saturated heterocycles. The lowest BCUT2D eigenvalue weighted by atomic mass is 10.1. The van der Waals surface area contributed by atoms with Gasteiger partial charge in [0.1, 0.15) is 5.67 Å². The summed E-state index contributed by atoms with van der Waals surface area (Å²) in [6, 6.07) is 0.494. The minimum atomic E-state index is -0.999. The Morgan fingerprint density at radius 2 is 2.50 bits per heavy atom. The number of nitrogens with zero attached hydrogens (tertiary/aromatic N) is 1. The first-order valence-corrected chi connectivity index (χ1v) is 5.50. The SMILES string of the molecule is CN1CCC(NCC2(F)CCNC2)C1. The van der Waals surface area contributed by atoms with E-state index in [9.17, 15) is 4.39 Å². The predicted molar refractivity (Wildman–Crippen MR) is 55.2 cm³/mol. The second-order valence-electron chi connectivity index (χ2n) is 4.71. The zero-order valence-corrected chi connectivity index (χ0v) is 8.85. The van der Waals surface area contributed by atoms with E-state index >= 15 is 0 Å². The third-order valence-corrected chi connectivity index (χ3v) is 3.29. The molecule has 2 unspecified atom stereocenters. The molecule has 0 radical (unpaired) electrons. The van der Waals surface area contributed by atoms with E-state index in [0.717, 1.165) is 26.1 Å². The maximum atomic E-state index is 13.9. The van der Waals surface area contributed by atoms with Crippen molar-refractivity contribution in [3.8, 4) is 0 Å². The molecule has 82 valence electrons. The van der Waals surface area contributed by atoms with Crippen LogP contribution in [-0.4, -0.2) is 56.4 Å². The van der Waals surface area contributed by atoms with E-state index in [2.05, 4.69) is 22.6 Å². The number of likely N-dealkylation sites (N-methyl/N-ethyl adjacent to an activating group) is 1. The van der Waals surface area contributed by atoms with Crippen LogP contribution in [0.2, 0.25) is 0 Å². The summed E-state index contributed by atoms with van der Waals surface area (Å²) < 4.78 is 13.9. The van der Waals surface area contributed by atoms with Gasteiger partial charge in [-0.1, -0.05) is 0 Å². The van der Waals surface area contributed by atoms with Gasteiger partial charge < -0.3 is 15.5 Å². The summed E-state index contributed by atoms with van der Waals surface area (Å²) in [7, 11) is 2.12. The highest BCUT2D eigenvalue weighted by molar-refractivity contribution is 4.92. The van der Waals surface area contributed by atoms with Crippen LogP contribution in [0.15, 0.2) is 0 Å². The van der Waals surface area contributed by atoms with Gasteiger partial charge >= 0.3 is 0 Å². The van der Waals surface area contributed by atoms with Gasteiger partial charge in [0.25, 0.3) is 0 Å². The summed E-state index contributed by atoms with van der Waals surface area (Å²) in [5, 5.41) is 6.41. The van der Waals surface area contributed by atoms with Gasteiger partial charge in [0.05, 0.1) is 0 Å². The molecule has 14 heavy (non-hydrogen) atoms. The quantitative estimate of drug-likeness (QED) is 0.672. The average molecular weight is 201 g/mol. The monoisotopic (exact) mass is 201 g/mol. The van der Waals surface area contributed by atoms with Gasteiger partial charge in [-0.15, -0.1) is 0 Å². The van der Waals surface area contributed by atoms with E-state index in [1.807, 2.05) is 0 Å². The minimum Gasteiger partial charge on any atom is -0.313 e. The Kier molecular flexibility index (Phi) is 3.04. The molecule has 2 aliphatic rings. The topological polar surface area (TPSA) is 27.3 Å². The fraction of sp³-hybridized carbons (Fsp3) is 1.00. The molecular weight excluding hydrogens is 181 g/mol. The number of alkyl halides is 1. The first-order chi connectivity index (χ1) is 6.68. The molecule has 0 amide bonds. The Hall–Kier alpha value is -0.190. The van der Waals surface area contributed by atoms with Gasteiger partial charge in [0, 0.05) is 25.7 Å². The van der Waals surface area contributed by atoms with Gasteiger partial charge in [0.15, 0.2) is 0 Å². The number of rotatable bonds is 3. The van der Waals surface area contributed by atoms with Crippen molar-refractivity contribution in [3.05, 3.63) is 0 Å². The largest absolute Gasteiger partial charge is 0.313 e. The molecule has 0 aromatic rings. The maximum Gasteiger partial charge on any atom is 0.136 e. The molecule has 0 aliphatic carbocycles. The summed E-state index contributed by atoms with van der Waals surface area (Å²) in [5.41, 5.74) is -0.999. The molecular formula is C10H20FN3. The Bertz CT molecular complexity index is 192. The lowest BCUT2D eigenvalue weighted by molar-refractivity contribution is 0.179. The van der Waals surface area contributed by atoms with Crippen molar-refractivity contribution in [1.82, 2.24) is 15.5 Å². The molecule has 2 atom stereocenters. The highest BCUT2D eigenvalue weighted by atomic mass is 19.1. The molecule has 2 fully saturated rings. The molecule has 2 N–H and O–H groups in total. The van der Waals surface area contributed by atoms with Crippen LogP contribution >= 0.6 is 0 Å². The van der Waals surface area contributed by atoms with Crippen LogP contribution in [0.25, 0.3) is 0 Å². The highest BCUT2D eigenvalue weighted by Crippen LogP contribution is 2.19. The summed E-state index contributed by atoms with van der Waals surface area (Å²) in [6.07, 6.45) is 1.81. The van der Waals surface area contributed by atoms with Crippen LogP contribution in [0.1, 0.15) is 12.8 Å². The third kappa shape index (κ3) is 2.43. The highest BCUT2D eigenvalue weighted by Gasteiger charge is 2.34. The van der Waals surface area contributed by atoms with Crippen molar-refractivity contribution in [2.75, 3.05) is 39.8 Å². The van der Waals surface area contributed by atoms with Crippen molar-refractivity contribution < 1.29 is 4.39 Å². The van der Waals surface area contributed by atoms with Crippen LogP contribution in [-0.2, 0) is 0 Å². The lowest BCUT2D eigenvalue weighted by Crippen LogP contribution is -2.43. The van der Waals surface area contributed by atoms with Crippen LogP contribution in [0.3, 0.4) is 0 Å². The van der Waals surface area contributed by atoms with Gasteiger partial charge in [-0.3, -0.25) is 0 Å². The summed E-state index contributed by atoms with van der Waals surface area (Å²) in [4.78, 5) is 2.29. The van der Waals surface area contributed by atoms with Gasteiger partial charge in [-0.2, -0.15) is 0 Å². The zero-order valence-electron chi connectivity index (χ0n) is 8.85. The van der Waals surface area contributed by atoms with E-state index in [4.69, 9.17) is 0 Å². The lowest BCUT2D eigenvalue weighted by Gasteiger charge is -2.21. The number of nitrogens with one attached hydrogen (secondary N) is 2. The van der Waals surface area contributed by atoms with Gasteiger partial charge in [-0.05, 0) is 33.0 Å². The second-order valence-corrected chi connectivity index (χ2v) is 4.71. The van der Waals surface area contributed by atoms with Gasteiger partial charge in [0.2, 0.25) is 0 Å². The molecule has 0 saturated carbocycles. The van der Waals surface area contributed by atoms with E-state index in [1.54, 1.807) is 0 Å². The standard InChI is InChI=1S/C10H20FN3/c1-14-5-2-9(6-14)13-8-10(11)3-4-12-7-10/h9,12-13H,2-8H2,1H3. The van der Waals surface area contributed by atoms with Gasteiger partial charge in [-0.25, -0.2) is 4.39 Å². The molecule has 3 nitrogen and oxygen atoms in total. The van der Waals surface area contributed by atoms with E-state index in [1.165, 1.54) is 0 Å². The van der Waals surface area contributed by atoms with Crippen molar-refractivity contribution in [2.24, 2.45) is 0 Å². The number of hydrogen-bond donors (Lipinski definition) is 2. The number of halogens is 1. The molecule has 4 heteroatoms. The number of hydrogen-bond acceptors (Lipinski definition) is 3. The predicted octanol–water partition coefficient (Wildman–Crippen LogP) is -0.0183. The first kappa shape index (κ1) is 10.3. The van der Waals surface area contributed by atoms with Crippen LogP contribution in [0, 0.1) is 0 Å². The van der Waals surface area contributed by atoms with Crippen LogP contribution in [0.4, 0.5) is 4.39 Å². The normalized spacial score (nSPS) is 39.4. The molecule has 0 aromatic carbocycles. The molecule has 0 spiro atoms.